The molecule has 9 heteroatoms. The molecule has 3 rings (SSSR count). The normalized spacial score (nSPS) is 16.8. The Bertz CT molecular complexity index is 981. The zero-order valence-electron chi connectivity index (χ0n) is 16.4. The summed E-state index contributed by atoms with van der Waals surface area (Å²) in [7, 11) is -3.81. The van der Waals surface area contributed by atoms with Crippen molar-refractivity contribution in [1.29, 1.82) is 0 Å². The Morgan fingerprint density at radius 3 is 2.47 bits per heavy atom. The van der Waals surface area contributed by atoms with Crippen LogP contribution in [0.1, 0.15) is 19.3 Å². The molecule has 160 valence electrons. The fraction of sp³-hybridized carbons (Fsp3) is 0.333. The molecule has 0 saturated carbocycles. The number of nitrogens with zero attached hydrogens (tertiary/aromatic N) is 1. The summed E-state index contributed by atoms with van der Waals surface area (Å²) in [6.45, 7) is 0.775. The lowest BCUT2D eigenvalue weighted by atomic mass is 9.96. The number of hydrogen-bond acceptors (Lipinski definition) is 4. The molecule has 0 aromatic heterocycles. The Balaban J connectivity index is 1.49. The number of nitrogens with one attached hydrogen (secondary N) is 2. The first kappa shape index (κ1) is 21.9. The SMILES string of the molecule is O=C(Nc1ccccc1)C1CCCN(C(=O)CCNS(=O)(=O)c2ccc(F)cc2)C1. The second-order valence-electron chi connectivity index (χ2n) is 7.14. The van der Waals surface area contributed by atoms with Gasteiger partial charge in [0.05, 0.1) is 10.8 Å². The van der Waals surface area contributed by atoms with E-state index in [-0.39, 0.29) is 35.6 Å². The highest BCUT2D eigenvalue weighted by Crippen LogP contribution is 2.19. The maximum Gasteiger partial charge on any atom is 0.240 e. The first-order valence-electron chi connectivity index (χ1n) is 9.74. The molecule has 0 bridgehead atoms. The average Bonchev–Trinajstić information content (AvgIpc) is 2.74. The lowest BCUT2D eigenvalue weighted by molar-refractivity contribution is -0.134. The largest absolute Gasteiger partial charge is 0.342 e. The van der Waals surface area contributed by atoms with Crippen LogP contribution >= 0.6 is 0 Å². The summed E-state index contributed by atoms with van der Waals surface area (Å²) >= 11 is 0. The third-order valence-electron chi connectivity index (χ3n) is 4.94. The summed E-state index contributed by atoms with van der Waals surface area (Å²) in [5, 5.41) is 2.86. The molecule has 1 fully saturated rings. The second-order valence-corrected chi connectivity index (χ2v) is 8.90. The zero-order valence-corrected chi connectivity index (χ0v) is 17.2. The molecule has 30 heavy (non-hydrogen) atoms. The molecular formula is C21H24FN3O4S. The van der Waals surface area contributed by atoms with Gasteiger partial charge >= 0.3 is 0 Å². The molecule has 1 heterocycles. The minimum atomic E-state index is -3.81. The van der Waals surface area contributed by atoms with Gasteiger partial charge in [0.1, 0.15) is 5.82 Å². The van der Waals surface area contributed by atoms with Crippen LogP contribution in [0.25, 0.3) is 0 Å². The maximum absolute atomic E-state index is 13.0. The van der Waals surface area contributed by atoms with E-state index in [1.165, 1.54) is 12.1 Å². The van der Waals surface area contributed by atoms with E-state index in [9.17, 15) is 22.4 Å². The number of rotatable bonds is 7. The van der Waals surface area contributed by atoms with Gasteiger partial charge in [0.25, 0.3) is 0 Å². The van der Waals surface area contributed by atoms with Crippen LogP contribution in [0.15, 0.2) is 59.5 Å². The smallest absolute Gasteiger partial charge is 0.240 e. The molecule has 1 aliphatic heterocycles. The van der Waals surface area contributed by atoms with E-state index in [0.717, 1.165) is 12.1 Å². The lowest BCUT2D eigenvalue weighted by Crippen LogP contribution is -2.44. The number of amides is 2. The average molecular weight is 434 g/mol. The van der Waals surface area contributed by atoms with Gasteiger partial charge in [-0.2, -0.15) is 0 Å². The van der Waals surface area contributed by atoms with Crippen LogP contribution in [0.5, 0.6) is 0 Å². The number of para-hydroxylation sites is 1. The summed E-state index contributed by atoms with van der Waals surface area (Å²) < 4.78 is 39.7. The fourth-order valence-electron chi connectivity index (χ4n) is 3.33. The molecule has 2 aromatic rings. The Hall–Kier alpha value is -2.78. The van der Waals surface area contributed by atoms with Crippen LogP contribution in [-0.4, -0.2) is 44.8 Å². The number of carbonyl (C=O) groups is 2. The summed E-state index contributed by atoms with van der Waals surface area (Å²) in [5.41, 5.74) is 0.709. The lowest BCUT2D eigenvalue weighted by Gasteiger charge is -2.32. The highest BCUT2D eigenvalue weighted by molar-refractivity contribution is 7.89. The van der Waals surface area contributed by atoms with E-state index >= 15 is 0 Å². The summed E-state index contributed by atoms with van der Waals surface area (Å²) in [6, 6.07) is 13.6. The Labute approximate surface area is 175 Å². The molecule has 1 aliphatic rings. The topological polar surface area (TPSA) is 95.6 Å². The van der Waals surface area contributed by atoms with Gasteiger partial charge in [-0.3, -0.25) is 9.59 Å². The monoisotopic (exact) mass is 433 g/mol. The number of benzene rings is 2. The van der Waals surface area contributed by atoms with Crippen LogP contribution in [0, 0.1) is 11.7 Å². The molecule has 2 amide bonds. The molecular weight excluding hydrogens is 409 g/mol. The van der Waals surface area contributed by atoms with Crippen LogP contribution in [-0.2, 0) is 19.6 Å². The predicted molar refractivity (Wildman–Crippen MR) is 111 cm³/mol. The van der Waals surface area contributed by atoms with Crippen molar-refractivity contribution < 1.29 is 22.4 Å². The van der Waals surface area contributed by atoms with Crippen molar-refractivity contribution in [3.63, 3.8) is 0 Å². The maximum atomic E-state index is 13.0. The number of halogens is 1. The predicted octanol–water partition coefficient (Wildman–Crippen LogP) is 2.37. The van der Waals surface area contributed by atoms with Gasteiger partial charge < -0.3 is 10.2 Å². The van der Waals surface area contributed by atoms with Crippen molar-refractivity contribution >= 4 is 27.5 Å². The third kappa shape index (κ3) is 5.87. The number of likely N-dealkylation sites (tertiary alicyclic amines) is 1. The van der Waals surface area contributed by atoms with E-state index in [0.29, 0.717) is 31.6 Å². The van der Waals surface area contributed by atoms with E-state index in [2.05, 4.69) is 10.0 Å². The molecule has 2 N–H and O–H groups in total. The van der Waals surface area contributed by atoms with Crippen LogP contribution < -0.4 is 10.0 Å². The highest BCUT2D eigenvalue weighted by Gasteiger charge is 2.28. The first-order chi connectivity index (χ1) is 14.3. The quantitative estimate of drug-likeness (QED) is 0.701. The Morgan fingerprint density at radius 1 is 1.07 bits per heavy atom. The number of sulfonamides is 1. The fourth-order valence-corrected chi connectivity index (χ4v) is 4.36. The van der Waals surface area contributed by atoms with Gasteiger partial charge in [-0.1, -0.05) is 18.2 Å². The number of hydrogen-bond donors (Lipinski definition) is 2. The molecule has 1 unspecified atom stereocenters. The molecule has 1 saturated heterocycles. The molecule has 0 aliphatic carbocycles. The molecule has 0 spiro atoms. The molecule has 7 nitrogen and oxygen atoms in total. The van der Waals surface area contributed by atoms with Crippen molar-refractivity contribution in [2.75, 3.05) is 25.0 Å². The van der Waals surface area contributed by atoms with Gasteiger partial charge in [0.15, 0.2) is 0 Å². The number of carbonyl (C=O) groups excluding carboxylic acids is 2. The number of piperidine rings is 1. The summed E-state index contributed by atoms with van der Waals surface area (Å²) in [6.07, 6.45) is 1.38. The van der Waals surface area contributed by atoms with E-state index < -0.39 is 15.8 Å². The Morgan fingerprint density at radius 2 is 1.77 bits per heavy atom. The van der Waals surface area contributed by atoms with Gasteiger partial charge in [0, 0.05) is 31.7 Å². The van der Waals surface area contributed by atoms with Crippen LogP contribution in [0.4, 0.5) is 10.1 Å². The molecule has 1 atom stereocenters. The molecule has 2 aromatic carbocycles. The number of anilines is 1. The second kappa shape index (κ2) is 9.82. The van der Waals surface area contributed by atoms with Crippen molar-refractivity contribution in [2.24, 2.45) is 5.92 Å². The summed E-state index contributed by atoms with van der Waals surface area (Å²) in [4.78, 5) is 26.5. The van der Waals surface area contributed by atoms with Crippen molar-refractivity contribution in [3.05, 3.63) is 60.4 Å². The van der Waals surface area contributed by atoms with Crippen molar-refractivity contribution in [1.82, 2.24) is 9.62 Å². The van der Waals surface area contributed by atoms with E-state index in [4.69, 9.17) is 0 Å². The van der Waals surface area contributed by atoms with E-state index in [1.807, 2.05) is 18.2 Å². The molecule has 0 radical (unpaired) electrons. The third-order valence-corrected chi connectivity index (χ3v) is 6.42. The van der Waals surface area contributed by atoms with Gasteiger partial charge in [-0.25, -0.2) is 17.5 Å². The first-order valence-corrected chi connectivity index (χ1v) is 11.2. The van der Waals surface area contributed by atoms with Gasteiger partial charge in [-0.15, -0.1) is 0 Å². The standard InChI is InChI=1S/C21H24FN3O4S/c22-17-8-10-19(11-9-17)30(28,29)23-13-12-20(26)25-14-4-5-16(15-25)21(27)24-18-6-2-1-3-7-18/h1-3,6-11,16,23H,4-5,12-15H2,(H,24,27). The van der Waals surface area contributed by atoms with E-state index in [1.54, 1.807) is 17.0 Å². The summed E-state index contributed by atoms with van der Waals surface area (Å²) in [5.74, 6) is -1.18. The van der Waals surface area contributed by atoms with Gasteiger partial charge in [0.2, 0.25) is 21.8 Å². The minimum Gasteiger partial charge on any atom is -0.342 e. The Kier molecular flexibility index (Phi) is 7.17. The van der Waals surface area contributed by atoms with Crippen molar-refractivity contribution in [2.45, 2.75) is 24.2 Å². The van der Waals surface area contributed by atoms with Crippen LogP contribution in [0.3, 0.4) is 0 Å². The zero-order chi connectivity index (χ0) is 21.6. The minimum absolute atomic E-state index is 0.0204. The van der Waals surface area contributed by atoms with Gasteiger partial charge in [-0.05, 0) is 49.2 Å². The van der Waals surface area contributed by atoms with Crippen molar-refractivity contribution in [3.8, 4) is 0 Å². The highest BCUT2D eigenvalue weighted by atomic mass is 32.2. The van der Waals surface area contributed by atoms with Crippen LogP contribution in [0.2, 0.25) is 0 Å².